The SMILES string of the molecule is CC(C)N=C(N)c1ccc(OCCCCCOc2cccc(-c3cc4ccc(C(N)=NC(C)C)cc4o3)c2)cc1.Cl.Cl. The Balaban J connectivity index is 0.00000308. The number of unbranched alkanes of at least 4 members (excludes halogenated alkanes) is 2. The lowest BCUT2D eigenvalue weighted by atomic mass is 10.1. The molecule has 4 rings (SSSR count). The number of halogens is 2. The number of nitrogens with two attached hydrogens (primary N) is 2. The highest BCUT2D eigenvalue weighted by molar-refractivity contribution is 6.00. The molecule has 0 fully saturated rings. The molecule has 0 spiro atoms. The normalized spacial score (nSPS) is 11.9. The molecular weight excluding hydrogens is 571 g/mol. The number of rotatable bonds is 13. The van der Waals surface area contributed by atoms with Gasteiger partial charge in [0, 0.05) is 34.2 Å². The van der Waals surface area contributed by atoms with Crippen molar-refractivity contribution >= 4 is 47.5 Å². The van der Waals surface area contributed by atoms with E-state index in [1.54, 1.807) is 0 Å². The van der Waals surface area contributed by atoms with E-state index in [2.05, 4.69) is 9.98 Å². The van der Waals surface area contributed by atoms with Crippen molar-refractivity contribution in [2.24, 2.45) is 21.5 Å². The van der Waals surface area contributed by atoms with Gasteiger partial charge in [0.1, 0.15) is 34.5 Å². The van der Waals surface area contributed by atoms with Crippen LogP contribution in [-0.2, 0) is 0 Å². The molecule has 4 N–H and O–H groups in total. The lowest BCUT2D eigenvalue weighted by Gasteiger charge is -2.09. The molecule has 0 atom stereocenters. The van der Waals surface area contributed by atoms with E-state index in [0.29, 0.717) is 24.9 Å². The Morgan fingerprint density at radius 3 is 1.93 bits per heavy atom. The molecule has 0 unspecified atom stereocenters. The summed E-state index contributed by atoms with van der Waals surface area (Å²) in [5.74, 6) is 3.52. The molecule has 0 saturated heterocycles. The molecule has 226 valence electrons. The van der Waals surface area contributed by atoms with Crippen LogP contribution in [0.4, 0.5) is 0 Å². The van der Waals surface area contributed by atoms with E-state index in [0.717, 1.165) is 64.2 Å². The van der Waals surface area contributed by atoms with Crippen molar-refractivity contribution < 1.29 is 13.9 Å². The van der Waals surface area contributed by atoms with Gasteiger partial charge in [-0.15, -0.1) is 24.8 Å². The molecule has 9 heteroatoms. The second kappa shape index (κ2) is 16.7. The van der Waals surface area contributed by atoms with Crippen molar-refractivity contribution in [3.8, 4) is 22.8 Å². The quantitative estimate of drug-likeness (QED) is 0.0909. The van der Waals surface area contributed by atoms with Crippen LogP contribution >= 0.6 is 24.8 Å². The minimum Gasteiger partial charge on any atom is -0.494 e. The van der Waals surface area contributed by atoms with E-state index >= 15 is 0 Å². The van der Waals surface area contributed by atoms with Crippen LogP contribution < -0.4 is 20.9 Å². The summed E-state index contributed by atoms with van der Waals surface area (Å²) < 4.78 is 18.0. The van der Waals surface area contributed by atoms with E-state index in [-0.39, 0.29) is 36.9 Å². The van der Waals surface area contributed by atoms with Gasteiger partial charge in [-0.1, -0.05) is 24.3 Å². The van der Waals surface area contributed by atoms with Crippen molar-refractivity contribution in [3.05, 3.63) is 83.9 Å². The highest BCUT2D eigenvalue weighted by Crippen LogP contribution is 2.30. The zero-order valence-electron chi connectivity index (χ0n) is 24.7. The Hall–Kier alpha value is -3.68. The van der Waals surface area contributed by atoms with Gasteiger partial charge in [-0.05, 0) is 95.5 Å². The number of hydrogen-bond donors (Lipinski definition) is 2. The van der Waals surface area contributed by atoms with Gasteiger partial charge >= 0.3 is 0 Å². The third-order valence-electron chi connectivity index (χ3n) is 6.21. The van der Waals surface area contributed by atoms with Crippen LogP contribution in [0.1, 0.15) is 58.1 Å². The number of fused-ring (bicyclic) bond motifs is 1. The van der Waals surface area contributed by atoms with Gasteiger partial charge in [0.05, 0.1) is 13.2 Å². The Morgan fingerprint density at radius 2 is 1.29 bits per heavy atom. The van der Waals surface area contributed by atoms with Crippen LogP contribution in [0, 0.1) is 0 Å². The minimum absolute atomic E-state index is 0. The molecule has 7 nitrogen and oxygen atoms in total. The standard InChI is InChI=1S/C33H40N4O3.2ClH/c1-22(2)36-32(34)24-13-15-28(16-14-24)38-17-6-5-7-18-39-29-10-8-9-25(19-29)30-20-26-11-12-27(21-31(26)40-30)33(35)37-23(3)4;;/h8-16,19-23H,5-7,17-18H2,1-4H3,(H2,34,36)(H2,35,37);2*1H. The third-order valence-corrected chi connectivity index (χ3v) is 6.21. The van der Waals surface area contributed by atoms with Gasteiger partial charge in [-0.25, -0.2) is 0 Å². The second-order valence-corrected chi connectivity index (χ2v) is 10.4. The fourth-order valence-corrected chi connectivity index (χ4v) is 4.26. The number of hydrogen-bond acceptors (Lipinski definition) is 5. The minimum atomic E-state index is 0. The molecule has 1 aromatic heterocycles. The maximum absolute atomic E-state index is 6.15. The summed E-state index contributed by atoms with van der Waals surface area (Å²) in [5, 5.41) is 1.02. The van der Waals surface area contributed by atoms with Crippen molar-refractivity contribution in [1.29, 1.82) is 0 Å². The molecule has 0 amide bonds. The maximum Gasteiger partial charge on any atom is 0.135 e. The summed E-state index contributed by atoms with van der Waals surface area (Å²) in [6.45, 7) is 9.32. The van der Waals surface area contributed by atoms with Crippen LogP contribution in [0.15, 0.2) is 87.2 Å². The molecule has 0 aliphatic heterocycles. The van der Waals surface area contributed by atoms with Gasteiger partial charge in [-0.2, -0.15) is 0 Å². The van der Waals surface area contributed by atoms with E-state index < -0.39 is 0 Å². The fraction of sp³-hybridized carbons (Fsp3) is 0.333. The van der Waals surface area contributed by atoms with Gasteiger partial charge in [0.2, 0.25) is 0 Å². The van der Waals surface area contributed by atoms with E-state index in [4.69, 9.17) is 25.4 Å². The van der Waals surface area contributed by atoms with Crippen molar-refractivity contribution in [1.82, 2.24) is 0 Å². The average Bonchev–Trinajstić information content (AvgIpc) is 3.36. The molecular formula is C33H42Cl2N4O3. The predicted octanol–water partition coefficient (Wildman–Crippen LogP) is 7.80. The summed E-state index contributed by atoms with van der Waals surface area (Å²) in [4.78, 5) is 8.81. The maximum atomic E-state index is 6.15. The van der Waals surface area contributed by atoms with Crippen molar-refractivity contribution in [3.63, 3.8) is 0 Å². The Kier molecular flexibility index (Phi) is 13.7. The van der Waals surface area contributed by atoms with Crippen LogP contribution in [0.3, 0.4) is 0 Å². The third kappa shape index (κ3) is 10.00. The molecule has 0 aliphatic rings. The predicted molar refractivity (Wildman–Crippen MR) is 179 cm³/mol. The Bertz CT molecular complexity index is 1460. The number of aliphatic imine (C=N–C) groups is 2. The Labute approximate surface area is 261 Å². The number of ether oxygens (including phenoxy) is 2. The average molecular weight is 614 g/mol. The zero-order valence-corrected chi connectivity index (χ0v) is 26.3. The van der Waals surface area contributed by atoms with E-state index in [1.165, 1.54) is 0 Å². The highest BCUT2D eigenvalue weighted by atomic mass is 35.5. The highest BCUT2D eigenvalue weighted by Gasteiger charge is 2.10. The molecule has 0 saturated carbocycles. The fourth-order valence-electron chi connectivity index (χ4n) is 4.26. The first-order valence-corrected chi connectivity index (χ1v) is 14.0. The van der Waals surface area contributed by atoms with E-state index in [9.17, 15) is 0 Å². The van der Waals surface area contributed by atoms with Crippen LogP contribution in [0.2, 0.25) is 0 Å². The number of nitrogens with zero attached hydrogens (tertiary/aromatic N) is 2. The largest absolute Gasteiger partial charge is 0.494 e. The smallest absolute Gasteiger partial charge is 0.135 e. The summed E-state index contributed by atoms with van der Waals surface area (Å²) in [7, 11) is 0. The first-order valence-electron chi connectivity index (χ1n) is 14.0. The van der Waals surface area contributed by atoms with Crippen molar-refractivity contribution in [2.45, 2.75) is 59.0 Å². The molecule has 3 aromatic carbocycles. The molecule has 42 heavy (non-hydrogen) atoms. The summed E-state index contributed by atoms with van der Waals surface area (Å²) in [5.41, 5.74) is 15.7. The van der Waals surface area contributed by atoms with Crippen LogP contribution in [0.5, 0.6) is 11.5 Å². The molecule has 4 aromatic rings. The lowest BCUT2D eigenvalue weighted by Crippen LogP contribution is -2.15. The van der Waals surface area contributed by atoms with E-state index in [1.807, 2.05) is 100 Å². The first-order chi connectivity index (χ1) is 19.3. The summed E-state index contributed by atoms with van der Waals surface area (Å²) >= 11 is 0. The monoisotopic (exact) mass is 612 g/mol. The van der Waals surface area contributed by atoms with Gasteiger partial charge in [0.25, 0.3) is 0 Å². The van der Waals surface area contributed by atoms with Crippen molar-refractivity contribution in [2.75, 3.05) is 13.2 Å². The van der Waals surface area contributed by atoms with Crippen LogP contribution in [0.25, 0.3) is 22.3 Å². The second-order valence-electron chi connectivity index (χ2n) is 10.4. The van der Waals surface area contributed by atoms with Gasteiger partial charge in [-0.3, -0.25) is 9.98 Å². The lowest BCUT2D eigenvalue weighted by molar-refractivity contribution is 0.279. The van der Waals surface area contributed by atoms with Crippen LogP contribution in [-0.4, -0.2) is 37.0 Å². The molecule has 0 bridgehead atoms. The Morgan fingerprint density at radius 1 is 0.690 bits per heavy atom. The molecule has 0 aliphatic carbocycles. The molecule has 1 heterocycles. The topological polar surface area (TPSA) is 108 Å². The van der Waals surface area contributed by atoms with Gasteiger partial charge in [0.15, 0.2) is 0 Å². The first kappa shape index (κ1) is 34.5. The molecule has 0 radical (unpaired) electrons. The summed E-state index contributed by atoms with van der Waals surface area (Å²) in [6, 6.07) is 24.0. The number of benzene rings is 3. The number of furan rings is 1. The summed E-state index contributed by atoms with van der Waals surface area (Å²) in [6.07, 6.45) is 2.91. The van der Waals surface area contributed by atoms with Gasteiger partial charge < -0.3 is 25.4 Å². The number of amidine groups is 2. The zero-order chi connectivity index (χ0) is 28.5.